The first-order chi connectivity index (χ1) is 16.7. The van der Waals surface area contributed by atoms with Crippen LogP contribution in [0, 0.1) is 0 Å². The average Bonchev–Trinajstić information content (AvgIpc) is 3.09. The number of carbonyl (C=O) groups is 2. The first-order valence-corrected chi connectivity index (χ1v) is 14.3. The molecule has 0 aromatic heterocycles. The van der Waals surface area contributed by atoms with Gasteiger partial charge in [0.25, 0.3) is 0 Å². The summed E-state index contributed by atoms with van der Waals surface area (Å²) in [6.07, 6.45) is 6.47. The Kier molecular flexibility index (Phi) is 11.3. The number of amides is 3. The summed E-state index contributed by atoms with van der Waals surface area (Å²) in [7, 11) is 5.06. The number of hydrogen-bond donors (Lipinski definition) is 1. The number of hydrogen-bond acceptors (Lipinski definition) is 5. The van der Waals surface area contributed by atoms with Crippen LogP contribution in [0.3, 0.4) is 0 Å². The lowest BCUT2D eigenvalue weighted by atomic mass is 9.68. The van der Waals surface area contributed by atoms with E-state index in [1.54, 1.807) is 13.4 Å². The number of carbonyl (C=O) groups excluding carboxylic acids is 2. The topological polar surface area (TPSA) is 114 Å². The van der Waals surface area contributed by atoms with Crippen molar-refractivity contribution < 1.29 is 24.0 Å². The van der Waals surface area contributed by atoms with Crippen molar-refractivity contribution in [2.24, 2.45) is 0 Å². The normalized spacial score (nSPS) is 24.8. The van der Waals surface area contributed by atoms with Gasteiger partial charge in [0.15, 0.2) is 0 Å². The van der Waals surface area contributed by atoms with Gasteiger partial charge < -0.3 is 25.3 Å². The van der Waals surface area contributed by atoms with Crippen molar-refractivity contribution in [1.82, 2.24) is 20.0 Å². The van der Waals surface area contributed by atoms with Crippen LogP contribution in [0.25, 0.3) is 0 Å². The zero-order valence-electron chi connectivity index (χ0n) is 22.3. The molecule has 2 aliphatic rings. The molecule has 1 heterocycles. The molecule has 2 fully saturated rings. The Morgan fingerprint density at radius 2 is 1.81 bits per heavy atom. The summed E-state index contributed by atoms with van der Waals surface area (Å²) in [5, 5.41) is 2.81. The van der Waals surface area contributed by atoms with Gasteiger partial charge in [-0.3, -0.25) is 13.9 Å². The van der Waals surface area contributed by atoms with E-state index in [1.165, 1.54) is 5.56 Å². The predicted octanol–water partition coefficient (Wildman–Crippen LogP) is 1.59. The highest BCUT2D eigenvalue weighted by atomic mass is 32.2. The Labute approximate surface area is 218 Å². The zero-order chi connectivity index (χ0) is 25.5. The highest BCUT2D eigenvalue weighted by Crippen LogP contribution is 2.48. The van der Waals surface area contributed by atoms with Gasteiger partial charge in [0.05, 0.1) is 5.54 Å². The first kappa shape index (κ1) is 30.2. The summed E-state index contributed by atoms with van der Waals surface area (Å²) >= 11 is 0. The molecule has 3 N–H and O–H groups in total. The van der Waals surface area contributed by atoms with Crippen LogP contribution in [0.1, 0.15) is 44.1 Å². The van der Waals surface area contributed by atoms with Gasteiger partial charge in [0.1, 0.15) is 0 Å². The van der Waals surface area contributed by atoms with Crippen molar-refractivity contribution in [2.75, 3.05) is 66.0 Å². The fourth-order valence-corrected chi connectivity index (χ4v) is 6.10. The molecule has 0 radical (unpaired) electrons. The summed E-state index contributed by atoms with van der Waals surface area (Å²) < 4.78 is 16.5. The number of ether oxygens (including phenoxy) is 1. The van der Waals surface area contributed by atoms with Crippen LogP contribution in [-0.2, 0) is 25.9 Å². The number of nitrogens with zero attached hydrogens (tertiary/aromatic N) is 3. The van der Waals surface area contributed by atoms with Crippen LogP contribution in [0.2, 0.25) is 0 Å². The molecule has 1 atom stereocenters. The Morgan fingerprint density at radius 3 is 2.39 bits per heavy atom. The Bertz CT molecular complexity index is 874. The first-order valence-electron chi connectivity index (χ1n) is 12.6. The largest absolute Gasteiger partial charge is 0.412 e. The maximum atomic E-state index is 13.5. The van der Waals surface area contributed by atoms with Gasteiger partial charge in [-0.05, 0) is 51.8 Å². The summed E-state index contributed by atoms with van der Waals surface area (Å²) in [6, 6.07) is 10.7. The van der Waals surface area contributed by atoms with E-state index < -0.39 is 10.8 Å². The molecule has 10 heteroatoms. The van der Waals surface area contributed by atoms with Crippen LogP contribution in [0.15, 0.2) is 30.3 Å². The van der Waals surface area contributed by atoms with Crippen LogP contribution >= 0.6 is 0 Å². The van der Waals surface area contributed by atoms with Gasteiger partial charge in [-0.1, -0.05) is 30.3 Å². The van der Waals surface area contributed by atoms with E-state index in [-0.39, 0.29) is 34.9 Å². The van der Waals surface area contributed by atoms with Crippen molar-refractivity contribution >= 4 is 22.7 Å². The molecule has 0 bridgehead atoms. The summed E-state index contributed by atoms with van der Waals surface area (Å²) in [4.78, 5) is 32.0. The third-order valence-electron chi connectivity index (χ3n) is 7.78. The van der Waals surface area contributed by atoms with Gasteiger partial charge >= 0.3 is 6.03 Å². The molecule has 1 aliphatic heterocycles. The number of urea groups is 1. The minimum absolute atomic E-state index is 0. The SMILES string of the molecule is COCCCN1C(=O)N(CCC(=O)NCCS(C)=O)CC12CCC(c1ccccc1)(N(C)C)CC2.O. The fourth-order valence-electron chi connectivity index (χ4n) is 5.71. The minimum Gasteiger partial charge on any atom is -0.412 e. The number of methoxy groups -OCH3 is 1. The van der Waals surface area contributed by atoms with Gasteiger partial charge in [-0.2, -0.15) is 0 Å². The maximum Gasteiger partial charge on any atom is 0.320 e. The van der Waals surface area contributed by atoms with Crippen molar-refractivity contribution in [2.45, 2.75) is 49.6 Å². The standard InChI is InChI=1S/C26H42N4O4S.H2O/c1-28(2)26(22-9-6-5-7-10-22)14-12-25(13-15-26)21-29(24(32)30(25)17-8-19-34-3)18-11-23(31)27-16-20-35(4)33;/h5-7,9-10H,8,11-21H2,1-4H3,(H,27,31);1H2. The van der Waals surface area contributed by atoms with E-state index in [2.05, 4.69) is 59.5 Å². The molecule has 1 spiro atoms. The molecule has 3 rings (SSSR count). The van der Waals surface area contributed by atoms with Gasteiger partial charge in [0, 0.05) is 74.7 Å². The van der Waals surface area contributed by atoms with Gasteiger partial charge in [-0.15, -0.1) is 0 Å². The Morgan fingerprint density at radius 1 is 1.14 bits per heavy atom. The molecule has 1 saturated carbocycles. The summed E-state index contributed by atoms with van der Waals surface area (Å²) in [5.41, 5.74) is 1.08. The molecule has 1 saturated heterocycles. The molecule has 36 heavy (non-hydrogen) atoms. The smallest absolute Gasteiger partial charge is 0.320 e. The molecule has 1 unspecified atom stereocenters. The zero-order valence-corrected chi connectivity index (χ0v) is 23.1. The van der Waals surface area contributed by atoms with E-state index in [1.807, 2.05) is 4.90 Å². The second kappa shape index (κ2) is 13.5. The highest BCUT2D eigenvalue weighted by molar-refractivity contribution is 7.84. The Balaban J connectivity index is 0.00000456. The predicted molar refractivity (Wildman–Crippen MR) is 143 cm³/mol. The third kappa shape index (κ3) is 6.85. The van der Waals surface area contributed by atoms with Crippen LogP contribution in [0.5, 0.6) is 0 Å². The van der Waals surface area contributed by atoms with E-state index >= 15 is 0 Å². The molecular weight excluding hydrogens is 480 g/mol. The molecular formula is C26H44N4O5S. The van der Waals surface area contributed by atoms with E-state index in [9.17, 15) is 13.8 Å². The quantitative estimate of drug-likeness (QED) is 0.417. The lowest BCUT2D eigenvalue weighted by Crippen LogP contribution is -2.55. The monoisotopic (exact) mass is 524 g/mol. The summed E-state index contributed by atoms with van der Waals surface area (Å²) in [6.45, 7) is 2.74. The summed E-state index contributed by atoms with van der Waals surface area (Å²) in [5.74, 6) is 0.342. The Hall–Kier alpha value is -2.01. The molecule has 204 valence electrons. The fraction of sp³-hybridized carbons (Fsp3) is 0.692. The van der Waals surface area contributed by atoms with Crippen molar-refractivity contribution in [1.29, 1.82) is 0 Å². The van der Waals surface area contributed by atoms with Gasteiger partial charge in [0.2, 0.25) is 5.91 Å². The second-order valence-corrected chi connectivity index (χ2v) is 11.7. The molecule has 1 aliphatic carbocycles. The maximum absolute atomic E-state index is 13.5. The lowest BCUT2D eigenvalue weighted by Gasteiger charge is -2.51. The van der Waals surface area contributed by atoms with Crippen LogP contribution in [0.4, 0.5) is 4.79 Å². The van der Waals surface area contributed by atoms with E-state index in [0.29, 0.717) is 38.5 Å². The number of nitrogens with one attached hydrogen (secondary N) is 1. The number of benzene rings is 1. The van der Waals surface area contributed by atoms with Gasteiger partial charge in [-0.25, -0.2) is 4.79 Å². The molecule has 9 nitrogen and oxygen atoms in total. The van der Waals surface area contributed by atoms with E-state index in [0.717, 1.165) is 32.1 Å². The molecule has 1 aromatic rings. The molecule has 1 aromatic carbocycles. The molecule has 3 amide bonds. The van der Waals surface area contributed by atoms with Crippen LogP contribution in [-0.4, -0.2) is 108 Å². The second-order valence-electron chi connectivity index (χ2n) is 10.1. The van der Waals surface area contributed by atoms with Crippen molar-refractivity contribution in [3.05, 3.63) is 35.9 Å². The highest BCUT2D eigenvalue weighted by Gasteiger charge is 2.54. The minimum atomic E-state index is -0.934. The van der Waals surface area contributed by atoms with E-state index in [4.69, 9.17) is 4.74 Å². The average molecular weight is 525 g/mol. The lowest BCUT2D eigenvalue weighted by molar-refractivity contribution is -0.121. The third-order valence-corrected chi connectivity index (χ3v) is 8.56. The van der Waals surface area contributed by atoms with Crippen molar-refractivity contribution in [3.8, 4) is 0 Å². The van der Waals surface area contributed by atoms with Crippen LogP contribution < -0.4 is 5.32 Å². The van der Waals surface area contributed by atoms with Crippen molar-refractivity contribution in [3.63, 3.8) is 0 Å². The number of rotatable bonds is 12.